The number of rotatable bonds is 6. The second-order valence-corrected chi connectivity index (χ2v) is 10.0. The molecule has 0 bridgehead atoms. The fourth-order valence-corrected chi connectivity index (χ4v) is 5.49. The van der Waals surface area contributed by atoms with Crippen molar-refractivity contribution in [2.45, 2.75) is 44.2 Å². The molecule has 33 heavy (non-hydrogen) atoms. The number of nitrogens with zero attached hydrogens (tertiary/aromatic N) is 3. The number of fused-ring (bicyclic) bond motifs is 1. The average molecular weight is 482 g/mol. The van der Waals surface area contributed by atoms with Gasteiger partial charge < -0.3 is 19.9 Å². The van der Waals surface area contributed by atoms with Gasteiger partial charge >= 0.3 is 6.09 Å². The van der Waals surface area contributed by atoms with Crippen LogP contribution in [0.2, 0.25) is 0 Å². The molecule has 1 atom stereocenters. The number of benzene rings is 1. The molecular formula is C20H27N5O7S. The Hall–Kier alpha value is -3.48. The lowest BCUT2D eigenvalue weighted by atomic mass is 9.95. The molecule has 3 rings (SSSR count). The minimum absolute atomic E-state index is 0.0690. The highest BCUT2D eigenvalue weighted by atomic mass is 32.2. The molecule has 13 heteroatoms. The van der Waals surface area contributed by atoms with Crippen molar-refractivity contribution in [1.29, 1.82) is 0 Å². The van der Waals surface area contributed by atoms with Gasteiger partial charge in [-0.3, -0.25) is 19.1 Å². The molecule has 12 nitrogen and oxygen atoms in total. The normalized spacial score (nSPS) is 15.9. The maximum atomic E-state index is 13.9. The molecule has 0 aliphatic carbocycles. The average Bonchev–Trinajstić information content (AvgIpc) is 3.00. The molecule has 2 amide bonds. The van der Waals surface area contributed by atoms with Gasteiger partial charge in [0.05, 0.1) is 30.6 Å². The van der Waals surface area contributed by atoms with Gasteiger partial charge in [-0.15, -0.1) is 5.10 Å². The second kappa shape index (κ2) is 8.46. The Kier molecular flexibility index (Phi) is 6.20. The quantitative estimate of drug-likeness (QED) is 0.564. The van der Waals surface area contributed by atoms with E-state index in [4.69, 9.17) is 14.6 Å². The first kappa shape index (κ1) is 24.2. The van der Waals surface area contributed by atoms with E-state index < -0.39 is 27.8 Å². The zero-order valence-electron chi connectivity index (χ0n) is 19.2. The molecule has 180 valence electrons. The Balaban J connectivity index is 2.19. The lowest BCUT2D eigenvalue weighted by Crippen LogP contribution is -2.60. The first-order valence-corrected chi connectivity index (χ1v) is 11.4. The monoisotopic (exact) mass is 481 g/mol. The van der Waals surface area contributed by atoms with E-state index in [1.165, 1.54) is 36.9 Å². The highest BCUT2D eigenvalue weighted by molar-refractivity contribution is 7.93. The maximum Gasteiger partial charge on any atom is 0.409 e. The number of carbonyl (C=O) groups excluding carboxylic acids is 1. The van der Waals surface area contributed by atoms with E-state index >= 15 is 0 Å². The van der Waals surface area contributed by atoms with Gasteiger partial charge in [-0.05, 0) is 39.0 Å². The van der Waals surface area contributed by atoms with Crippen molar-refractivity contribution in [2.24, 2.45) is 7.05 Å². The molecule has 2 heterocycles. The Morgan fingerprint density at radius 1 is 1.33 bits per heavy atom. The van der Waals surface area contributed by atoms with Crippen LogP contribution in [0.15, 0.2) is 23.1 Å². The number of aryl methyl sites for hydroxylation is 1. The number of hydrogen-bond donors (Lipinski definition) is 3. The van der Waals surface area contributed by atoms with Crippen LogP contribution in [0.4, 0.5) is 16.2 Å². The summed E-state index contributed by atoms with van der Waals surface area (Å²) in [5.74, 6) is -0.153. The molecule has 2 aromatic rings. The minimum Gasteiger partial charge on any atom is -0.484 e. The summed E-state index contributed by atoms with van der Waals surface area (Å²) in [4.78, 5) is 22.7. The molecule has 1 unspecified atom stereocenters. The highest BCUT2D eigenvalue weighted by Gasteiger charge is 2.44. The standard InChI is InChI=1S/C20H27N5O7S/c1-11-17(18(31-6)23-24(11)5)33(29,30)25-10-16(20(3,4)22-12(2)26)32-15-8-7-13(9-14(15)25)21-19(27)28/h7-9,16,21H,10H2,1-6H3,(H,22,26)(H,27,28). The van der Waals surface area contributed by atoms with Gasteiger partial charge in [-0.1, -0.05) is 0 Å². The number of aromatic nitrogens is 2. The van der Waals surface area contributed by atoms with Gasteiger partial charge in [0.15, 0.2) is 4.90 Å². The zero-order chi connectivity index (χ0) is 24.7. The van der Waals surface area contributed by atoms with Gasteiger partial charge in [0, 0.05) is 19.7 Å². The number of amides is 2. The molecule has 1 aromatic heterocycles. The predicted octanol–water partition coefficient (Wildman–Crippen LogP) is 1.70. The number of carbonyl (C=O) groups is 2. The van der Waals surface area contributed by atoms with Gasteiger partial charge in [-0.25, -0.2) is 13.2 Å². The van der Waals surface area contributed by atoms with E-state index in [1.807, 2.05) is 0 Å². The Bertz CT molecular complexity index is 1210. The summed E-state index contributed by atoms with van der Waals surface area (Å²) in [5.41, 5.74) is -0.262. The SMILES string of the molecule is COc1nn(C)c(C)c1S(=O)(=O)N1CC(C(C)(C)NC(C)=O)Oc2ccc(NC(=O)O)cc21. The molecule has 1 aliphatic rings. The van der Waals surface area contributed by atoms with Crippen LogP contribution in [-0.2, 0) is 21.9 Å². The summed E-state index contributed by atoms with van der Waals surface area (Å²) >= 11 is 0. The van der Waals surface area contributed by atoms with Crippen molar-refractivity contribution in [3.8, 4) is 11.6 Å². The van der Waals surface area contributed by atoms with Crippen LogP contribution in [0.1, 0.15) is 26.5 Å². The fraction of sp³-hybridized carbons (Fsp3) is 0.450. The predicted molar refractivity (Wildman–Crippen MR) is 119 cm³/mol. The lowest BCUT2D eigenvalue weighted by molar-refractivity contribution is -0.121. The van der Waals surface area contributed by atoms with Gasteiger partial charge in [0.2, 0.25) is 5.91 Å². The van der Waals surface area contributed by atoms with E-state index in [9.17, 15) is 18.0 Å². The smallest absolute Gasteiger partial charge is 0.409 e. The number of nitrogens with one attached hydrogen (secondary N) is 2. The van der Waals surface area contributed by atoms with Crippen molar-refractivity contribution < 1.29 is 32.6 Å². The molecule has 0 saturated heterocycles. The van der Waals surface area contributed by atoms with Crippen LogP contribution in [0.5, 0.6) is 11.6 Å². The van der Waals surface area contributed by atoms with Gasteiger partial charge in [0.1, 0.15) is 11.9 Å². The third kappa shape index (κ3) is 4.53. The summed E-state index contributed by atoms with van der Waals surface area (Å²) < 4.78 is 41.6. The molecule has 0 saturated carbocycles. The van der Waals surface area contributed by atoms with Gasteiger partial charge in [-0.2, -0.15) is 0 Å². The van der Waals surface area contributed by atoms with Gasteiger partial charge in [0.25, 0.3) is 15.9 Å². The van der Waals surface area contributed by atoms with Crippen molar-refractivity contribution in [2.75, 3.05) is 23.3 Å². The second-order valence-electron chi connectivity index (χ2n) is 8.21. The molecule has 1 aromatic carbocycles. The van der Waals surface area contributed by atoms with E-state index in [0.717, 1.165) is 4.31 Å². The number of carboxylic acid groups (broad SMARTS) is 1. The topological polar surface area (TPSA) is 152 Å². The summed E-state index contributed by atoms with van der Waals surface area (Å²) in [7, 11) is -1.31. The maximum absolute atomic E-state index is 13.9. The molecule has 3 N–H and O–H groups in total. The summed E-state index contributed by atoms with van der Waals surface area (Å²) in [6.07, 6.45) is -2.06. The van der Waals surface area contributed by atoms with E-state index in [1.54, 1.807) is 27.8 Å². The van der Waals surface area contributed by atoms with Crippen molar-refractivity contribution in [3.63, 3.8) is 0 Å². The molecular weight excluding hydrogens is 454 g/mol. The number of hydrogen-bond acceptors (Lipinski definition) is 7. The summed E-state index contributed by atoms with van der Waals surface area (Å²) in [5, 5.41) is 18.2. The Morgan fingerprint density at radius 2 is 2.00 bits per heavy atom. The zero-order valence-corrected chi connectivity index (χ0v) is 20.0. The van der Waals surface area contributed by atoms with Crippen LogP contribution < -0.4 is 24.4 Å². The Morgan fingerprint density at radius 3 is 2.58 bits per heavy atom. The van der Waals surface area contributed by atoms with Crippen LogP contribution in [-0.4, -0.2) is 60.6 Å². The number of ether oxygens (including phenoxy) is 2. The number of sulfonamides is 1. The van der Waals surface area contributed by atoms with Crippen LogP contribution in [0.3, 0.4) is 0 Å². The van der Waals surface area contributed by atoms with Crippen LogP contribution in [0, 0.1) is 6.92 Å². The van der Waals surface area contributed by atoms with Crippen molar-refractivity contribution in [1.82, 2.24) is 15.1 Å². The summed E-state index contributed by atoms with van der Waals surface area (Å²) in [6.45, 7) is 6.26. The van der Waals surface area contributed by atoms with E-state index in [0.29, 0.717) is 5.69 Å². The first-order valence-electron chi connectivity index (χ1n) is 9.97. The van der Waals surface area contributed by atoms with E-state index in [-0.39, 0.29) is 40.4 Å². The third-order valence-electron chi connectivity index (χ3n) is 5.37. The minimum atomic E-state index is -4.24. The molecule has 0 fully saturated rings. The Labute approximate surface area is 191 Å². The van der Waals surface area contributed by atoms with Crippen molar-refractivity contribution in [3.05, 3.63) is 23.9 Å². The van der Waals surface area contributed by atoms with E-state index in [2.05, 4.69) is 15.7 Å². The third-order valence-corrected chi connectivity index (χ3v) is 7.29. The lowest BCUT2D eigenvalue weighted by Gasteiger charge is -2.42. The molecule has 0 radical (unpaired) electrons. The van der Waals surface area contributed by atoms with Crippen LogP contribution >= 0.6 is 0 Å². The number of methoxy groups -OCH3 is 1. The molecule has 1 aliphatic heterocycles. The fourth-order valence-electron chi connectivity index (χ4n) is 3.69. The van der Waals surface area contributed by atoms with Crippen LogP contribution in [0.25, 0.3) is 0 Å². The molecule has 0 spiro atoms. The summed E-state index contributed by atoms with van der Waals surface area (Å²) in [6, 6.07) is 4.31. The first-order chi connectivity index (χ1) is 15.3. The highest BCUT2D eigenvalue weighted by Crippen LogP contribution is 2.42. The number of anilines is 2. The van der Waals surface area contributed by atoms with Crippen molar-refractivity contribution >= 4 is 33.4 Å². The largest absolute Gasteiger partial charge is 0.484 e.